The average Bonchev–Trinajstić information content (AvgIpc) is 2.50. The third-order valence-corrected chi connectivity index (χ3v) is 3.62. The Morgan fingerprint density at radius 2 is 1.43 bits per heavy atom. The van der Waals surface area contributed by atoms with Gasteiger partial charge in [-0.25, -0.2) is 0 Å². The smallest absolute Gasteiger partial charge is 0.178 e. The van der Waals surface area contributed by atoms with Crippen LogP contribution in [-0.4, -0.2) is 16.6 Å². The molecule has 0 heterocycles. The highest BCUT2D eigenvalue weighted by Gasteiger charge is 2.22. The quantitative estimate of drug-likeness (QED) is 0.274. The zero-order valence-corrected chi connectivity index (χ0v) is 15.0. The zero-order chi connectivity index (χ0) is 17.4. The molecule has 0 saturated heterocycles. The first kappa shape index (κ1) is 21.8. The van der Waals surface area contributed by atoms with Gasteiger partial charge < -0.3 is 5.11 Å². The molecule has 132 valence electrons. The lowest BCUT2D eigenvalue weighted by atomic mass is 10.0. The zero-order valence-electron chi connectivity index (χ0n) is 15.0. The van der Waals surface area contributed by atoms with Crippen molar-refractivity contribution in [1.82, 2.24) is 0 Å². The highest BCUT2D eigenvalue weighted by Crippen LogP contribution is 2.10. The summed E-state index contributed by atoms with van der Waals surface area (Å²) in [6, 6.07) is 0. The van der Waals surface area contributed by atoms with Crippen molar-refractivity contribution in [3.8, 4) is 0 Å². The minimum absolute atomic E-state index is 0.265. The molecule has 0 amide bonds. The van der Waals surface area contributed by atoms with Crippen molar-refractivity contribution < 1.29 is 9.90 Å². The summed E-state index contributed by atoms with van der Waals surface area (Å²) < 4.78 is 0. The maximum Gasteiger partial charge on any atom is 0.178 e. The van der Waals surface area contributed by atoms with E-state index in [1.165, 1.54) is 19.8 Å². The van der Waals surface area contributed by atoms with Crippen LogP contribution in [0.15, 0.2) is 36.5 Å². The van der Waals surface area contributed by atoms with Gasteiger partial charge in [0.2, 0.25) is 0 Å². The lowest BCUT2D eigenvalue weighted by Gasteiger charge is -2.14. The molecular weight excluding hydrogens is 286 g/mol. The normalized spacial score (nSPS) is 15.0. The SMILES string of the molecule is CCC=CCC=CCC=CCCCCCCCC(=O)C(C)(N)O. The van der Waals surface area contributed by atoms with E-state index >= 15 is 0 Å². The van der Waals surface area contributed by atoms with Crippen LogP contribution in [0.25, 0.3) is 0 Å². The lowest BCUT2D eigenvalue weighted by molar-refractivity contribution is -0.135. The van der Waals surface area contributed by atoms with Gasteiger partial charge in [-0.15, -0.1) is 0 Å². The Morgan fingerprint density at radius 3 is 2.04 bits per heavy atom. The van der Waals surface area contributed by atoms with Crippen LogP contribution in [0, 0.1) is 0 Å². The molecule has 0 aliphatic carbocycles. The summed E-state index contributed by atoms with van der Waals surface area (Å²) >= 11 is 0. The lowest BCUT2D eigenvalue weighted by Crippen LogP contribution is -2.44. The molecule has 0 saturated carbocycles. The highest BCUT2D eigenvalue weighted by molar-refractivity contribution is 5.85. The summed E-state index contributed by atoms with van der Waals surface area (Å²) in [6.07, 6.45) is 23.3. The van der Waals surface area contributed by atoms with Crippen molar-refractivity contribution in [3.05, 3.63) is 36.5 Å². The molecule has 0 aromatic rings. The van der Waals surface area contributed by atoms with Crippen LogP contribution in [0.1, 0.15) is 78.1 Å². The number of carbonyl (C=O) groups excluding carboxylic acids is 1. The van der Waals surface area contributed by atoms with Gasteiger partial charge in [0.1, 0.15) is 0 Å². The van der Waals surface area contributed by atoms with Gasteiger partial charge in [0.05, 0.1) is 0 Å². The van der Waals surface area contributed by atoms with Crippen LogP contribution in [0.5, 0.6) is 0 Å². The Labute approximate surface area is 142 Å². The number of ketones is 1. The first-order chi connectivity index (χ1) is 11.0. The molecule has 0 aromatic carbocycles. The van der Waals surface area contributed by atoms with E-state index in [2.05, 4.69) is 43.4 Å². The minimum Gasteiger partial charge on any atom is -0.369 e. The number of rotatable bonds is 14. The highest BCUT2D eigenvalue weighted by atomic mass is 16.3. The number of hydrogen-bond acceptors (Lipinski definition) is 3. The van der Waals surface area contributed by atoms with Gasteiger partial charge in [-0.05, 0) is 45.4 Å². The second-order valence-corrected chi connectivity index (χ2v) is 6.17. The van der Waals surface area contributed by atoms with Gasteiger partial charge in [-0.1, -0.05) is 62.6 Å². The standard InChI is InChI=1S/C20H35NO2/c1-3-4-5-6-7-8-9-10-11-12-13-14-15-16-17-18-19(22)20(2,21)23/h4-5,7-8,10-11,23H,3,6,9,12-18,21H2,1-2H3. The van der Waals surface area contributed by atoms with E-state index in [-0.39, 0.29) is 5.78 Å². The fourth-order valence-corrected chi connectivity index (χ4v) is 2.16. The third-order valence-electron chi connectivity index (χ3n) is 3.62. The predicted octanol–water partition coefficient (Wildman–Crippen LogP) is 4.81. The van der Waals surface area contributed by atoms with Crippen LogP contribution in [-0.2, 0) is 4.79 Å². The molecule has 1 unspecified atom stereocenters. The van der Waals surface area contributed by atoms with E-state index < -0.39 is 5.72 Å². The molecule has 3 N–H and O–H groups in total. The Morgan fingerprint density at radius 1 is 0.913 bits per heavy atom. The Bertz CT molecular complexity index is 376. The number of Topliss-reactive ketones (excluding diaryl/α,β-unsaturated/α-hetero) is 1. The van der Waals surface area contributed by atoms with E-state index in [0.717, 1.165) is 44.9 Å². The molecule has 0 aromatic heterocycles. The van der Waals surface area contributed by atoms with E-state index in [0.29, 0.717) is 6.42 Å². The van der Waals surface area contributed by atoms with Crippen molar-refractivity contribution >= 4 is 5.78 Å². The van der Waals surface area contributed by atoms with Gasteiger partial charge in [-0.3, -0.25) is 10.5 Å². The van der Waals surface area contributed by atoms with Gasteiger partial charge in [-0.2, -0.15) is 0 Å². The molecule has 0 aliphatic heterocycles. The Hall–Kier alpha value is -1.19. The monoisotopic (exact) mass is 321 g/mol. The second kappa shape index (κ2) is 14.4. The molecule has 3 heteroatoms. The summed E-state index contributed by atoms with van der Waals surface area (Å²) in [5, 5.41) is 9.31. The number of nitrogens with two attached hydrogens (primary N) is 1. The summed E-state index contributed by atoms with van der Waals surface area (Å²) in [5.74, 6) is -0.265. The van der Waals surface area contributed by atoms with Crippen molar-refractivity contribution in [2.45, 2.75) is 83.8 Å². The maximum absolute atomic E-state index is 11.4. The molecule has 0 aliphatic rings. The molecule has 0 bridgehead atoms. The largest absolute Gasteiger partial charge is 0.369 e. The minimum atomic E-state index is -1.66. The summed E-state index contributed by atoms with van der Waals surface area (Å²) in [7, 11) is 0. The van der Waals surface area contributed by atoms with Crippen molar-refractivity contribution in [1.29, 1.82) is 0 Å². The molecule has 0 radical (unpaired) electrons. The first-order valence-corrected chi connectivity index (χ1v) is 8.98. The van der Waals surface area contributed by atoms with E-state index in [1.807, 2.05) is 0 Å². The van der Waals surface area contributed by atoms with E-state index in [9.17, 15) is 9.90 Å². The van der Waals surface area contributed by atoms with Crippen molar-refractivity contribution in [2.24, 2.45) is 5.73 Å². The number of aliphatic hydroxyl groups is 1. The van der Waals surface area contributed by atoms with Crippen LogP contribution >= 0.6 is 0 Å². The molecule has 1 atom stereocenters. The summed E-state index contributed by atoms with van der Waals surface area (Å²) in [4.78, 5) is 11.4. The molecule has 23 heavy (non-hydrogen) atoms. The number of unbranched alkanes of at least 4 members (excludes halogenated alkanes) is 5. The fraction of sp³-hybridized carbons (Fsp3) is 0.650. The van der Waals surface area contributed by atoms with Crippen molar-refractivity contribution in [3.63, 3.8) is 0 Å². The number of carbonyl (C=O) groups is 1. The van der Waals surface area contributed by atoms with Crippen LogP contribution in [0.3, 0.4) is 0 Å². The van der Waals surface area contributed by atoms with Crippen LogP contribution < -0.4 is 5.73 Å². The van der Waals surface area contributed by atoms with Crippen molar-refractivity contribution in [2.75, 3.05) is 0 Å². The van der Waals surface area contributed by atoms with E-state index in [4.69, 9.17) is 5.73 Å². The summed E-state index contributed by atoms with van der Waals surface area (Å²) in [5.41, 5.74) is 3.67. The van der Waals surface area contributed by atoms with Gasteiger partial charge >= 0.3 is 0 Å². The van der Waals surface area contributed by atoms with E-state index in [1.54, 1.807) is 0 Å². The van der Waals surface area contributed by atoms with Gasteiger partial charge in [0.15, 0.2) is 11.5 Å². The molecule has 0 rings (SSSR count). The number of allylic oxidation sites excluding steroid dienone is 6. The molecule has 3 nitrogen and oxygen atoms in total. The summed E-state index contributed by atoms with van der Waals surface area (Å²) in [6.45, 7) is 3.49. The average molecular weight is 322 g/mol. The third kappa shape index (κ3) is 15.5. The van der Waals surface area contributed by atoms with Gasteiger partial charge in [0.25, 0.3) is 0 Å². The Kier molecular flexibility index (Phi) is 13.7. The Balaban J connectivity index is 3.38. The molecule has 0 fully saturated rings. The first-order valence-electron chi connectivity index (χ1n) is 8.98. The molecular formula is C20H35NO2. The maximum atomic E-state index is 11.4. The topological polar surface area (TPSA) is 63.3 Å². The number of hydrogen-bond donors (Lipinski definition) is 2. The van der Waals surface area contributed by atoms with Crippen LogP contribution in [0.4, 0.5) is 0 Å². The second-order valence-electron chi connectivity index (χ2n) is 6.17. The molecule has 0 spiro atoms. The predicted molar refractivity (Wildman–Crippen MR) is 99.1 cm³/mol. The van der Waals surface area contributed by atoms with Gasteiger partial charge in [0, 0.05) is 6.42 Å². The van der Waals surface area contributed by atoms with Crippen LogP contribution in [0.2, 0.25) is 0 Å². The fourth-order valence-electron chi connectivity index (χ4n) is 2.16.